The van der Waals surface area contributed by atoms with Crippen LogP contribution in [0.4, 0.5) is 0 Å². The van der Waals surface area contributed by atoms with Crippen molar-refractivity contribution < 1.29 is 8.42 Å². The SMILES string of the molecule is NC1=c2ccc(C3=CCCCC3)cc2=CN(S(=O)(=O)c2cccc3ccccc23)C=C1. The molecule has 4 nitrogen and oxygen atoms in total. The Morgan fingerprint density at radius 2 is 1.77 bits per heavy atom. The second kappa shape index (κ2) is 7.75. The minimum absolute atomic E-state index is 0.277. The van der Waals surface area contributed by atoms with Crippen molar-refractivity contribution in [2.45, 2.75) is 30.6 Å². The van der Waals surface area contributed by atoms with E-state index in [1.165, 1.54) is 28.9 Å². The normalized spacial score (nSPS) is 16.5. The van der Waals surface area contributed by atoms with Crippen molar-refractivity contribution in [2.24, 2.45) is 5.73 Å². The summed E-state index contributed by atoms with van der Waals surface area (Å²) in [6.45, 7) is 0. The van der Waals surface area contributed by atoms with Gasteiger partial charge in [0.05, 0.1) is 4.90 Å². The third-order valence-electron chi connectivity index (χ3n) is 6.00. The fourth-order valence-corrected chi connectivity index (χ4v) is 5.75. The van der Waals surface area contributed by atoms with Crippen LogP contribution in [0.2, 0.25) is 0 Å². The maximum Gasteiger partial charge on any atom is 0.268 e. The Kier molecular flexibility index (Phi) is 4.91. The van der Waals surface area contributed by atoms with E-state index in [0.29, 0.717) is 11.1 Å². The molecule has 156 valence electrons. The summed E-state index contributed by atoms with van der Waals surface area (Å²) in [5.74, 6) is 0. The first-order valence-corrected chi connectivity index (χ1v) is 12.0. The van der Waals surface area contributed by atoms with Crippen LogP contribution in [0.3, 0.4) is 0 Å². The van der Waals surface area contributed by atoms with E-state index in [1.54, 1.807) is 24.4 Å². The van der Waals surface area contributed by atoms with Gasteiger partial charge in [0, 0.05) is 33.9 Å². The molecule has 0 atom stereocenters. The highest BCUT2D eigenvalue weighted by molar-refractivity contribution is 7.89. The zero-order valence-electron chi connectivity index (χ0n) is 17.2. The van der Waals surface area contributed by atoms with Gasteiger partial charge in [0.15, 0.2) is 0 Å². The van der Waals surface area contributed by atoms with Gasteiger partial charge < -0.3 is 5.73 Å². The minimum atomic E-state index is -3.81. The highest BCUT2D eigenvalue weighted by Gasteiger charge is 2.23. The third kappa shape index (κ3) is 3.55. The lowest BCUT2D eigenvalue weighted by atomic mass is 9.93. The van der Waals surface area contributed by atoms with Gasteiger partial charge in [0.2, 0.25) is 0 Å². The number of nitrogens with two attached hydrogens (primary N) is 1. The molecule has 2 aliphatic rings. The summed E-state index contributed by atoms with van der Waals surface area (Å²) >= 11 is 0. The van der Waals surface area contributed by atoms with Crippen LogP contribution in [-0.4, -0.2) is 12.7 Å². The molecule has 0 bridgehead atoms. The van der Waals surface area contributed by atoms with E-state index < -0.39 is 10.0 Å². The average molecular weight is 429 g/mol. The van der Waals surface area contributed by atoms with E-state index in [2.05, 4.69) is 18.2 Å². The predicted molar refractivity (Wildman–Crippen MR) is 126 cm³/mol. The largest absolute Gasteiger partial charge is 0.398 e. The van der Waals surface area contributed by atoms with Gasteiger partial charge in [-0.3, -0.25) is 0 Å². The number of allylic oxidation sites excluding steroid dienone is 2. The van der Waals surface area contributed by atoms with Gasteiger partial charge in [0.1, 0.15) is 0 Å². The second-order valence-corrected chi connectivity index (χ2v) is 9.80. The summed E-state index contributed by atoms with van der Waals surface area (Å²) in [7, 11) is -3.81. The Labute approximate surface area is 182 Å². The summed E-state index contributed by atoms with van der Waals surface area (Å²) in [6.07, 6.45) is 11.7. The van der Waals surface area contributed by atoms with Gasteiger partial charge in [-0.25, -0.2) is 12.7 Å². The fourth-order valence-electron chi connectivity index (χ4n) is 4.34. The molecule has 0 saturated carbocycles. The Bertz CT molecular complexity index is 1460. The Morgan fingerprint density at radius 1 is 0.935 bits per heavy atom. The van der Waals surface area contributed by atoms with Gasteiger partial charge in [-0.1, -0.05) is 54.6 Å². The molecular formula is C26H24N2O2S. The predicted octanol–water partition coefficient (Wildman–Crippen LogP) is 3.82. The molecule has 5 heteroatoms. The monoisotopic (exact) mass is 428 g/mol. The minimum Gasteiger partial charge on any atom is -0.398 e. The molecule has 0 spiro atoms. The van der Waals surface area contributed by atoms with Gasteiger partial charge in [0.25, 0.3) is 10.0 Å². The maximum atomic E-state index is 13.6. The molecule has 3 aromatic carbocycles. The Hall–Kier alpha value is -3.31. The lowest BCUT2D eigenvalue weighted by Crippen LogP contribution is -2.31. The molecule has 2 N–H and O–H groups in total. The van der Waals surface area contributed by atoms with E-state index in [0.717, 1.165) is 34.2 Å². The molecule has 0 radical (unpaired) electrons. The summed E-state index contributed by atoms with van der Waals surface area (Å²) in [5.41, 5.74) is 9.28. The molecule has 1 aliphatic heterocycles. The second-order valence-electron chi connectivity index (χ2n) is 7.99. The van der Waals surface area contributed by atoms with E-state index in [9.17, 15) is 8.42 Å². The summed E-state index contributed by atoms with van der Waals surface area (Å²) in [4.78, 5) is 0.277. The molecule has 0 amide bonds. The van der Waals surface area contributed by atoms with Crippen LogP contribution < -0.4 is 16.2 Å². The summed E-state index contributed by atoms with van der Waals surface area (Å²) in [5, 5.41) is 3.23. The molecule has 3 aromatic rings. The van der Waals surface area contributed by atoms with E-state index in [1.807, 2.05) is 36.4 Å². The number of sulfonamides is 1. The van der Waals surface area contributed by atoms with Crippen LogP contribution in [0.25, 0.3) is 28.2 Å². The Balaban J connectivity index is 1.67. The summed E-state index contributed by atoms with van der Waals surface area (Å²) < 4.78 is 28.6. The molecule has 0 aromatic heterocycles. The fraction of sp³-hybridized carbons (Fsp3) is 0.154. The van der Waals surface area contributed by atoms with Crippen LogP contribution in [0.1, 0.15) is 31.2 Å². The molecule has 31 heavy (non-hydrogen) atoms. The first-order chi connectivity index (χ1) is 15.0. The van der Waals surface area contributed by atoms with Crippen molar-refractivity contribution in [3.63, 3.8) is 0 Å². The quantitative estimate of drug-likeness (QED) is 0.690. The van der Waals surface area contributed by atoms with Crippen LogP contribution >= 0.6 is 0 Å². The van der Waals surface area contributed by atoms with Gasteiger partial charge in [-0.05, 0) is 60.4 Å². The van der Waals surface area contributed by atoms with Crippen molar-refractivity contribution in [2.75, 3.05) is 0 Å². The van der Waals surface area contributed by atoms with Gasteiger partial charge >= 0.3 is 0 Å². The number of fused-ring (bicyclic) bond motifs is 2. The zero-order chi connectivity index (χ0) is 21.4. The van der Waals surface area contributed by atoms with Crippen LogP contribution in [-0.2, 0) is 10.0 Å². The molecule has 0 fully saturated rings. The Morgan fingerprint density at radius 3 is 2.61 bits per heavy atom. The van der Waals surface area contributed by atoms with Crippen LogP contribution in [0.15, 0.2) is 83.9 Å². The summed E-state index contributed by atoms with van der Waals surface area (Å²) in [6, 6.07) is 19.0. The van der Waals surface area contributed by atoms with Crippen molar-refractivity contribution in [1.82, 2.24) is 4.31 Å². The van der Waals surface area contributed by atoms with Gasteiger partial charge in [-0.2, -0.15) is 0 Å². The number of nitrogens with zero attached hydrogens (tertiary/aromatic N) is 1. The molecule has 1 aliphatic carbocycles. The highest BCUT2D eigenvalue weighted by atomic mass is 32.2. The molecular weight excluding hydrogens is 404 g/mol. The van der Waals surface area contributed by atoms with Crippen LogP contribution in [0.5, 0.6) is 0 Å². The lowest BCUT2D eigenvalue weighted by Gasteiger charge is -2.17. The number of hydrogen-bond donors (Lipinski definition) is 1. The highest BCUT2D eigenvalue weighted by Crippen LogP contribution is 2.27. The molecule has 5 rings (SSSR count). The number of hydrogen-bond acceptors (Lipinski definition) is 3. The number of rotatable bonds is 3. The third-order valence-corrected chi connectivity index (χ3v) is 7.69. The average Bonchev–Trinajstić information content (AvgIpc) is 2.98. The molecule has 0 saturated heterocycles. The molecule has 1 heterocycles. The first-order valence-electron chi connectivity index (χ1n) is 10.5. The van der Waals surface area contributed by atoms with E-state index in [4.69, 9.17) is 5.73 Å². The van der Waals surface area contributed by atoms with Gasteiger partial charge in [-0.15, -0.1) is 0 Å². The maximum absolute atomic E-state index is 13.6. The van der Waals surface area contributed by atoms with E-state index >= 15 is 0 Å². The first kappa shape index (κ1) is 19.6. The van der Waals surface area contributed by atoms with Crippen molar-refractivity contribution >= 4 is 38.3 Å². The van der Waals surface area contributed by atoms with E-state index in [-0.39, 0.29) is 4.90 Å². The zero-order valence-corrected chi connectivity index (χ0v) is 18.0. The van der Waals surface area contributed by atoms with Crippen molar-refractivity contribution in [3.8, 4) is 0 Å². The van der Waals surface area contributed by atoms with Crippen LogP contribution in [0, 0.1) is 0 Å². The molecule has 0 unspecified atom stereocenters. The van der Waals surface area contributed by atoms with Crippen molar-refractivity contribution in [1.29, 1.82) is 0 Å². The lowest BCUT2D eigenvalue weighted by molar-refractivity contribution is 0.562. The number of benzene rings is 3. The van der Waals surface area contributed by atoms with Crippen molar-refractivity contribution in [3.05, 3.63) is 95.0 Å². The standard InChI is InChI=1S/C26H24N2O2S/c27-25-15-16-28(31(29,30)26-12-6-10-20-9-4-5-11-24(20)26)18-22-17-21(13-14-23(22)25)19-7-2-1-3-8-19/h4-7,9-18H,1-3,8,27H2. The smallest absolute Gasteiger partial charge is 0.268 e. The topological polar surface area (TPSA) is 63.4 Å².